The zero-order valence-electron chi connectivity index (χ0n) is 44.7. The molecule has 0 aliphatic heterocycles. The molecule has 0 fully saturated rings. The Bertz CT molecular complexity index is 2560. The van der Waals surface area contributed by atoms with E-state index in [1.165, 1.54) is 71.4 Å². The topological polar surface area (TPSA) is 0 Å². The maximum Gasteiger partial charge on any atom is 0.416 e. The van der Waals surface area contributed by atoms with Crippen molar-refractivity contribution in [1.29, 1.82) is 0 Å². The number of aryl methyl sites for hydroxylation is 12. The van der Waals surface area contributed by atoms with Crippen LogP contribution in [-0.2, 0) is 82.5 Å². The van der Waals surface area contributed by atoms with Crippen molar-refractivity contribution in [3.05, 3.63) is 208 Å². The van der Waals surface area contributed by atoms with E-state index in [2.05, 4.69) is 78.9 Å². The Balaban J connectivity index is 0.000000529. The van der Waals surface area contributed by atoms with Crippen molar-refractivity contribution in [2.75, 3.05) is 0 Å². The molecular weight excluding hydrogens is 1090 g/mol. The second-order valence-corrected chi connectivity index (χ2v) is 17.9. The SMILES string of the molecule is CC.CC.CC.CCc1ccc(CCc2ccc(C)c(C(F)(F)F)c2)c(C(F)(F)F)c1.CCc1ccc(CCc2ccc(C)c(C(F)(F)F)c2)c(I)c1.CCc1ccc(CCc2ccc(C)c(C(F)(F)F)c2)cc1. The predicted molar refractivity (Wildman–Crippen MR) is 290 cm³/mol. The lowest BCUT2D eigenvalue weighted by Crippen LogP contribution is -2.11. The van der Waals surface area contributed by atoms with E-state index in [4.69, 9.17) is 0 Å². The van der Waals surface area contributed by atoms with E-state index in [1.54, 1.807) is 37.3 Å². The summed E-state index contributed by atoms with van der Waals surface area (Å²) in [5, 5.41) is 0. The van der Waals surface area contributed by atoms with Crippen molar-refractivity contribution in [3.63, 3.8) is 0 Å². The minimum atomic E-state index is -4.48. The van der Waals surface area contributed by atoms with Gasteiger partial charge in [-0.3, -0.25) is 0 Å². The van der Waals surface area contributed by atoms with Crippen LogP contribution in [0.4, 0.5) is 52.7 Å². The molecule has 0 aliphatic rings. The molecule has 0 saturated heterocycles. The molecule has 6 aromatic rings. The van der Waals surface area contributed by atoms with Crippen LogP contribution in [0.5, 0.6) is 0 Å². The Morgan fingerprint density at radius 3 is 0.892 bits per heavy atom. The minimum Gasteiger partial charge on any atom is -0.166 e. The molecule has 0 nitrogen and oxygen atoms in total. The highest BCUT2D eigenvalue weighted by Crippen LogP contribution is 2.37. The molecule has 13 heteroatoms. The van der Waals surface area contributed by atoms with Gasteiger partial charge in [-0.15, -0.1) is 0 Å². The Labute approximate surface area is 446 Å². The first-order valence-electron chi connectivity index (χ1n) is 25.3. The van der Waals surface area contributed by atoms with Gasteiger partial charge in [0, 0.05) is 3.57 Å². The van der Waals surface area contributed by atoms with Crippen LogP contribution >= 0.6 is 22.6 Å². The number of alkyl halides is 12. The maximum absolute atomic E-state index is 13.2. The lowest BCUT2D eigenvalue weighted by Gasteiger charge is -2.15. The highest BCUT2D eigenvalue weighted by Gasteiger charge is 2.35. The molecular formula is C61H73F12I. The summed E-state index contributed by atoms with van der Waals surface area (Å²) in [5.74, 6) is 0. The van der Waals surface area contributed by atoms with E-state index < -0.39 is 47.0 Å². The van der Waals surface area contributed by atoms with E-state index in [9.17, 15) is 52.7 Å². The average molecular weight is 1160 g/mol. The van der Waals surface area contributed by atoms with Crippen LogP contribution < -0.4 is 0 Å². The van der Waals surface area contributed by atoms with Crippen molar-refractivity contribution in [3.8, 4) is 0 Å². The summed E-state index contributed by atoms with van der Waals surface area (Å²) in [5.41, 5.74) is 5.52. The summed E-state index contributed by atoms with van der Waals surface area (Å²) in [6.07, 6.45) is -12.2. The third-order valence-corrected chi connectivity index (χ3v) is 12.7. The molecule has 0 N–H and O–H groups in total. The van der Waals surface area contributed by atoms with Gasteiger partial charge in [-0.05, 0) is 198 Å². The molecule has 74 heavy (non-hydrogen) atoms. The Hall–Kier alpha value is -4.79. The zero-order chi connectivity index (χ0) is 56.6. The van der Waals surface area contributed by atoms with Crippen molar-refractivity contribution in [2.45, 2.75) is 166 Å². The van der Waals surface area contributed by atoms with Crippen molar-refractivity contribution in [1.82, 2.24) is 0 Å². The predicted octanol–water partition coefficient (Wildman–Crippen LogP) is 20.8. The van der Waals surface area contributed by atoms with Gasteiger partial charge in [0.1, 0.15) is 0 Å². The highest BCUT2D eigenvalue weighted by molar-refractivity contribution is 14.1. The van der Waals surface area contributed by atoms with E-state index in [-0.39, 0.29) is 35.1 Å². The number of benzene rings is 6. The van der Waals surface area contributed by atoms with Gasteiger partial charge in [0.2, 0.25) is 0 Å². The summed E-state index contributed by atoms with van der Waals surface area (Å²) in [7, 11) is 0. The summed E-state index contributed by atoms with van der Waals surface area (Å²) < 4.78 is 157. The normalized spacial score (nSPS) is 11.3. The van der Waals surface area contributed by atoms with Gasteiger partial charge in [-0.25, -0.2) is 0 Å². The van der Waals surface area contributed by atoms with Gasteiger partial charge in [-0.1, -0.05) is 147 Å². The third kappa shape index (κ3) is 22.2. The first-order chi connectivity index (χ1) is 34.7. The molecule has 6 rings (SSSR count). The molecule has 0 heterocycles. The largest absolute Gasteiger partial charge is 0.416 e. The minimum absolute atomic E-state index is 0.0270. The first-order valence-corrected chi connectivity index (χ1v) is 26.4. The van der Waals surface area contributed by atoms with Gasteiger partial charge >= 0.3 is 24.7 Å². The Morgan fingerprint density at radius 1 is 0.297 bits per heavy atom. The average Bonchev–Trinajstić information content (AvgIpc) is 3.36. The van der Waals surface area contributed by atoms with Crippen LogP contribution in [-0.4, -0.2) is 0 Å². The van der Waals surface area contributed by atoms with Crippen LogP contribution in [0.2, 0.25) is 0 Å². The van der Waals surface area contributed by atoms with Crippen molar-refractivity contribution >= 4 is 22.6 Å². The van der Waals surface area contributed by atoms with Gasteiger partial charge in [0.05, 0.1) is 22.3 Å². The fourth-order valence-corrected chi connectivity index (χ4v) is 8.37. The number of rotatable bonds is 12. The third-order valence-electron chi connectivity index (χ3n) is 11.7. The summed E-state index contributed by atoms with van der Waals surface area (Å²) in [4.78, 5) is 0. The molecule has 6 aromatic carbocycles. The monoisotopic (exact) mass is 1160 g/mol. The molecule has 0 spiro atoms. The number of hydrogen-bond donors (Lipinski definition) is 0. The van der Waals surface area contributed by atoms with Gasteiger partial charge < -0.3 is 0 Å². The summed E-state index contributed by atoms with van der Waals surface area (Å²) in [6.45, 7) is 22.3. The van der Waals surface area contributed by atoms with E-state index in [0.29, 0.717) is 30.4 Å². The standard InChI is InChI=1S/C19H18F6.C18H18F3I.C18H19F3.3C2H6/c1-3-13-6-8-15(17(10-13)19(23,24)25)9-7-14-5-4-12(2)16(11-14)18(20,21)22;1-3-13-6-8-15(17(22)11-13)9-7-14-5-4-12(2)16(10-14)18(19,20)21;1-3-14-6-8-15(9-7-14)10-11-16-5-4-13(2)17(12-16)18(19,20)21;3*1-2/h4-6,8,10-11H,3,7,9H2,1-2H3;4-6,8,10-11H,3,7,9H2,1-2H3;4-9,12H,3,10-11H2,1-2H3;3*1-2H3. The van der Waals surface area contributed by atoms with Crippen LogP contribution in [0.1, 0.15) is 151 Å². The fraction of sp³-hybridized carbons (Fsp3) is 0.410. The smallest absolute Gasteiger partial charge is 0.166 e. The second-order valence-electron chi connectivity index (χ2n) is 16.7. The summed E-state index contributed by atoms with van der Waals surface area (Å²) in [6, 6.07) is 31.9. The molecule has 0 aromatic heterocycles. The molecule has 0 bridgehead atoms. The molecule has 0 unspecified atom stereocenters. The van der Waals surface area contributed by atoms with Gasteiger partial charge in [0.15, 0.2) is 0 Å². The van der Waals surface area contributed by atoms with Crippen LogP contribution in [0, 0.1) is 24.3 Å². The molecule has 0 amide bonds. The Morgan fingerprint density at radius 2 is 0.554 bits per heavy atom. The highest BCUT2D eigenvalue weighted by atomic mass is 127. The second kappa shape index (κ2) is 31.9. The lowest BCUT2D eigenvalue weighted by atomic mass is 9.95. The first kappa shape index (κ1) is 67.2. The van der Waals surface area contributed by atoms with Crippen LogP contribution in [0.25, 0.3) is 0 Å². The van der Waals surface area contributed by atoms with Crippen LogP contribution in [0.3, 0.4) is 0 Å². The molecule has 0 saturated carbocycles. The summed E-state index contributed by atoms with van der Waals surface area (Å²) >= 11 is 2.30. The lowest BCUT2D eigenvalue weighted by molar-refractivity contribution is -0.139. The van der Waals surface area contributed by atoms with Crippen LogP contribution in [0.15, 0.2) is 115 Å². The van der Waals surface area contributed by atoms with Gasteiger partial charge in [0.25, 0.3) is 0 Å². The van der Waals surface area contributed by atoms with Gasteiger partial charge in [-0.2, -0.15) is 52.7 Å². The maximum atomic E-state index is 13.2. The quantitative estimate of drug-likeness (QED) is 0.0846. The molecule has 0 aliphatic carbocycles. The Kier molecular flexibility index (Phi) is 29.0. The number of hydrogen-bond acceptors (Lipinski definition) is 0. The fourth-order valence-electron chi connectivity index (χ4n) is 7.52. The van der Waals surface area contributed by atoms with Crippen molar-refractivity contribution < 1.29 is 52.7 Å². The number of halogens is 13. The van der Waals surface area contributed by atoms with Crippen molar-refractivity contribution in [2.24, 2.45) is 0 Å². The molecule has 408 valence electrons. The molecule has 0 radical (unpaired) electrons. The van der Waals surface area contributed by atoms with E-state index in [1.807, 2.05) is 41.5 Å². The van der Waals surface area contributed by atoms with E-state index >= 15 is 0 Å². The zero-order valence-corrected chi connectivity index (χ0v) is 46.9. The van der Waals surface area contributed by atoms with E-state index in [0.717, 1.165) is 54.5 Å². The molecule has 0 atom stereocenters.